The first kappa shape index (κ1) is 16.5. The highest BCUT2D eigenvalue weighted by Crippen LogP contribution is 2.35. The summed E-state index contributed by atoms with van der Waals surface area (Å²) in [5.41, 5.74) is -0.388. The minimum absolute atomic E-state index is 0.290. The molecule has 0 unspecified atom stereocenters. The van der Waals surface area contributed by atoms with E-state index < -0.39 is 16.6 Å². The van der Waals surface area contributed by atoms with E-state index >= 15 is 0 Å². The van der Waals surface area contributed by atoms with Gasteiger partial charge in [0.15, 0.2) is 11.5 Å². The van der Waals surface area contributed by atoms with Crippen molar-refractivity contribution in [2.75, 3.05) is 7.11 Å². The molecular formula is C15H19ClO4. The van der Waals surface area contributed by atoms with Crippen molar-refractivity contribution in [1.29, 1.82) is 0 Å². The third kappa shape index (κ3) is 3.12. The van der Waals surface area contributed by atoms with E-state index in [1.54, 1.807) is 26.0 Å². The van der Waals surface area contributed by atoms with Gasteiger partial charge in [-0.25, -0.2) is 0 Å². The van der Waals surface area contributed by atoms with Crippen LogP contribution < -0.4 is 9.47 Å². The molecule has 0 atom stereocenters. The zero-order valence-electron chi connectivity index (χ0n) is 12.2. The van der Waals surface area contributed by atoms with Crippen molar-refractivity contribution < 1.29 is 19.1 Å². The van der Waals surface area contributed by atoms with Crippen LogP contribution in [-0.4, -0.2) is 18.3 Å². The Morgan fingerprint density at radius 2 is 1.80 bits per heavy atom. The van der Waals surface area contributed by atoms with E-state index in [9.17, 15) is 9.59 Å². The Balaban J connectivity index is 3.11. The molecule has 0 saturated heterocycles. The summed E-state index contributed by atoms with van der Waals surface area (Å²) in [6.07, 6.45) is 0.581. The maximum absolute atomic E-state index is 12.3. The number of ether oxygens (including phenoxy) is 2. The first-order valence-corrected chi connectivity index (χ1v) is 6.86. The van der Waals surface area contributed by atoms with Gasteiger partial charge in [0, 0.05) is 0 Å². The summed E-state index contributed by atoms with van der Waals surface area (Å²) >= 11 is 5.60. The van der Waals surface area contributed by atoms with Gasteiger partial charge in [0.25, 0.3) is 0 Å². The summed E-state index contributed by atoms with van der Waals surface area (Å²) < 4.78 is 10.5. The Kier molecular flexibility index (Phi) is 5.57. The number of carbonyl (C=O) groups excluding carboxylic acids is 2. The van der Waals surface area contributed by atoms with Gasteiger partial charge in [-0.1, -0.05) is 19.9 Å². The Hall–Kier alpha value is -1.55. The molecule has 0 spiro atoms. The molecule has 0 aliphatic rings. The fraction of sp³-hybridized carbons (Fsp3) is 0.467. The quantitative estimate of drug-likeness (QED) is 0.349. The predicted molar refractivity (Wildman–Crippen MR) is 77.2 cm³/mol. The molecule has 4 nitrogen and oxygen atoms in total. The summed E-state index contributed by atoms with van der Waals surface area (Å²) in [5.74, 6) is 0.0835. The summed E-state index contributed by atoms with van der Waals surface area (Å²) in [4.78, 5) is 23.9. The molecule has 1 aromatic rings. The molecule has 0 radical (unpaired) electrons. The minimum atomic E-state index is -1.31. The van der Waals surface area contributed by atoms with Crippen molar-refractivity contribution in [2.45, 2.75) is 33.6 Å². The molecular weight excluding hydrogens is 280 g/mol. The van der Waals surface area contributed by atoms with Crippen LogP contribution in [0.5, 0.6) is 11.5 Å². The molecule has 0 bridgehead atoms. The van der Waals surface area contributed by atoms with E-state index in [1.165, 1.54) is 7.11 Å². The zero-order valence-corrected chi connectivity index (χ0v) is 12.9. The zero-order chi connectivity index (χ0) is 15.3. The van der Waals surface area contributed by atoms with Crippen LogP contribution in [0.2, 0.25) is 0 Å². The van der Waals surface area contributed by atoms with Gasteiger partial charge in [-0.05, 0) is 49.1 Å². The second-order valence-electron chi connectivity index (χ2n) is 4.61. The fourth-order valence-corrected chi connectivity index (χ4v) is 2.30. The number of halogens is 1. The van der Waals surface area contributed by atoms with Gasteiger partial charge in [0.2, 0.25) is 5.24 Å². The Bertz CT molecular complexity index is 507. The third-order valence-corrected chi connectivity index (χ3v) is 3.86. The van der Waals surface area contributed by atoms with E-state index in [0.717, 1.165) is 5.56 Å². The summed E-state index contributed by atoms with van der Waals surface area (Å²) in [7, 11) is 1.49. The van der Waals surface area contributed by atoms with Gasteiger partial charge in [-0.2, -0.15) is 0 Å². The van der Waals surface area contributed by atoms with Crippen molar-refractivity contribution >= 4 is 22.8 Å². The number of aryl methyl sites for hydroxylation is 1. The van der Waals surface area contributed by atoms with Crippen molar-refractivity contribution in [1.82, 2.24) is 0 Å². The van der Waals surface area contributed by atoms with E-state index in [1.807, 2.05) is 13.0 Å². The molecule has 0 saturated carbocycles. The number of methoxy groups -OCH3 is 1. The SMILES string of the molecule is CCC(CC)(C(=O)Cl)C(=O)Oc1cc(C)ccc1OC. The lowest BCUT2D eigenvalue weighted by Crippen LogP contribution is -2.39. The number of rotatable bonds is 6. The van der Waals surface area contributed by atoms with E-state index in [-0.39, 0.29) is 0 Å². The number of esters is 1. The van der Waals surface area contributed by atoms with Crippen molar-refractivity contribution in [3.05, 3.63) is 23.8 Å². The maximum atomic E-state index is 12.3. The van der Waals surface area contributed by atoms with Crippen LogP contribution in [0.3, 0.4) is 0 Å². The predicted octanol–water partition coefficient (Wildman–Crippen LogP) is 3.48. The molecule has 0 N–H and O–H groups in total. The summed E-state index contributed by atoms with van der Waals surface area (Å²) in [6, 6.07) is 5.24. The van der Waals surface area contributed by atoms with Gasteiger partial charge in [0.05, 0.1) is 7.11 Å². The van der Waals surface area contributed by atoms with Crippen molar-refractivity contribution in [3.8, 4) is 11.5 Å². The fourth-order valence-electron chi connectivity index (χ4n) is 1.96. The molecule has 0 aliphatic carbocycles. The summed E-state index contributed by atoms with van der Waals surface area (Å²) in [6.45, 7) is 5.34. The lowest BCUT2D eigenvalue weighted by atomic mass is 9.84. The highest BCUT2D eigenvalue weighted by molar-refractivity contribution is 6.66. The molecule has 1 aromatic carbocycles. The highest BCUT2D eigenvalue weighted by Gasteiger charge is 2.43. The maximum Gasteiger partial charge on any atom is 0.326 e. The molecule has 20 heavy (non-hydrogen) atoms. The lowest BCUT2D eigenvalue weighted by molar-refractivity contribution is -0.150. The van der Waals surface area contributed by atoms with Crippen LogP contribution in [0.4, 0.5) is 0 Å². The molecule has 0 aliphatic heterocycles. The van der Waals surface area contributed by atoms with Gasteiger partial charge in [-0.15, -0.1) is 0 Å². The second-order valence-corrected chi connectivity index (χ2v) is 4.95. The Morgan fingerprint density at radius 3 is 2.25 bits per heavy atom. The van der Waals surface area contributed by atoms with Crippen LogP contribution in [0.1, 0.15) is 32.3 Å². The normalized spacial score (nSPS) is 11.1. The van der Waals surface area contributed by atoms with Crippen LogP contribution in [0.25, 0.3) is 0 Å². The van der Waals surface area contributed by atoms with Crippen molar-refractivity contribution in [2.24, 2.45) is 5.41 Å². The van der Waals surface area contributed by atoms with Gasteiger partial charge in [0.1, 0.15) is 5.41 Å². The average molecular weight is 299 g/mol. The molecule has 0 heterocycles. The number of benzene rings is 1. The highest BCUT2D eigenvalue weighted by atomic mass is 35.5. The van der Waals surface area contributed by atoms with Crippen molar-refractivity contribution in [3.63, 3.8) is 0 Å². The van der Waals surface area contributed by atoms with E-state index in [4.69, 9.17) is 21.1 Å². The number of hydrogen-bond acceptors (Lipinski definition) is 4. The number of hydrogen-bond donors (Lipinski definition) is 0. The molecule has 5 heteroatoms. The average Bonchev–Trinajstić information content (AvgIpc) is 2.40. The van der Waals surface area contributed by atoms with Crippen LogP contribution >= 0.6 is 11.6 Å². The third-order valence-electron chi connectivity index (χ3n) is 3.50. The van der Waals surface area contributed by atoms with Crippen LogP contribution in [0, 0.1) is 12.3 Å². The summed E-state index contributed by atoms with van der Waals surface area (Å²) in [5, 5.41) is -0.695. The standard InChI is InChI=1S/C15H19ClO4/c1-5-15(6-2,13(16)17)14(18)20-12-9-10(3)7-8-11(12)19-4/h7-9H,5-6H2,1-4H3. The smallest absolute Gasteiger partial charge is 0.326 e. The largest absolute Gasteiger partial charge is 0.493 e. The van der Waals surface area contributed by atoms with Crippen LogP contribution in [-0.2, 0) is 9.59 Å². The van der Waals surface area contributed by atoms with Gasteiger partial charge in [-0.3, -0.25) is 9.59 Å². The first-order chi connectivity index (χ1) is 9.41. The van der Waals surface area contributed by atoms with Gasteiger partial charge < -0.3 is 9.47 Å². The van der Waals surface area contributed by atoms with Gasteiger partial charge >= 0.3 is 5.97 Å². The minimum Gasteiger partial charge on any atom is -0.493 e. The Morgan fingerprint density at radius 1 is 1.20 bits per heavy atom. The lowest BCUT2D eigenvalue weighted by Gasteiger charge is -2.25. The van der Waals surface area contributed by atoms with Crippen LogP contribution in [0.15, 0.2) is 18.2 Å². The molecule has 1 rings (SSSR count). The topological polar surface area (TPSA) is 52.6 Å². The molecule has 0 aromatic heterocycles. The monoisotopic (exact) mass is 298 g/mol. The molecule has 110 valence electrons. The van der Waals surface area contributed by atoms with E-state index in [2.05, 4.69) is 0 Å². The number of carbonyl (C=O) groups is 2. The first-order valence-electron chi connectivity index (χ1n) is 6.48. The second kappa shape index (κ2) is 6.75. The molecule has 0 amide bonds. The molecule has 0 fully saturated rings. The van der Waals surface area contributed by atoms with E-state index in [0.29, 0.717) is 24.3 Å². The Labute approximate surface area is 124 Å².